The van der Waals surface area contributed by atoms with Crippen LogP contribution in [0.25, 0.3) is 0 Å². The van der Waals surface area contributed by atoms with Gasteiger partial charge in [-0.3, -0.25) is 4.48 Å². The molecule has 1 unspecified atom stereocenters. The van der Waals surface area contributed by atoms with E-state index in [4.69, 9.17) is 4.43 Å². The normalized spacial score (nSPS) is 31.5. The Bertz CT molecular complexity index is 409. The van der Waals surface area contributed by atoms with E-state index in [0.717, 1.165) is 6.42 Å². The Balaban J connectivity index is 3.03. The molecule has 0 bridgehead atoms. The van der Waals surface area contributed by atoms with Gasteiger partial charge in [-0.05, 0) is 45.8 Å². The second-order valence-electron chi connectivity index (χ2n) is 9.07. The SMILES string of the molecule is C[C@H]1C[C@H](O[Si](C)(C)C(C)(C)C)C[N+]1(C(=O)[O-])C(C)(C)C. The number of carbonyl (C=O) groups excluding carboxylic acids is 1. The van der Waals surface area contributed by atoms with Crippen LogP contribution in [0.2, 0.25) is 18.1 Å². The molecule has 0 spiro atoms. The van der Waals surface area contributed by atoms with Crippen LogP contribution in [-0.2, 0) is 4.43 Å². The first-order chi connectivity index (χ1) is 9.15. The molecule has 0 aromatic rings. The summed E-state index contributed by atoms with van der Waals surface area (Å²) in [5.41, 5.74) is -0.385. The maximum absolute atomic E-state index is 11.9. The largest absolute Gasteiger partial charge is 0.498 e. The first-order valence-corrected chi connectivity index (χ1v) is 10.8. The Morgan fingerprint density at radius 3 is 1.95 bits per heavy atom. The van der Waals surface area contributed by atoms with E-state index in [0.29, 0.717) is 6.54 Å². The molecule has 0 aliphatic carbocycles. The van der Waals surface area contributed by atoms with Crippen LogP contribution in [0.5, 0.6) is 0 Å². The van der Waals surface area contributed by atoms with Crippen LogP contribution in [0, 0.1) is 0 Å². The van der Waals surface area contributed by atoms with Gasteiger partial charge in [-0.1, -0.05) is 20.8 Å². The number of likely N-dealkylation sites (tertiary alicyclic amines) is 1. The first-order valence-electron chi connectivity index (χ1n) is 7.92. The summed E-state index contributed by atoms with van der Waals surface area (Å²) in [6, 6.07) is 0.0183. The van der Waals surface area contributed by atoms with E-state index < -0.39 is 14.4 Å². The Hall–Kier alpha value is -0.393. The van der Waals surface area contributed by atoms with E-state index >= 15 is 0 Å². The Morgan fingerprint density at radius 2 is 1.67 bits per heavy atom. The second kappa shape index (κ2) is 5.35. The molecule has 1 saturated heterocycles. The fraction of sp³-hybridized carbons (Fsp3) is 0.938. The fourth-order valence-electron chi connectivity index (χ4n) is 3.28. The molecule has 5 heteroatoms. The molecule has 0 aromatic heterocycles. The third-order valence-corrected chi connectivity index (χ3v) is 10.2. The summed E-state index contributed by atoms with van der Waals surface area (Å²) in [5.74, 6) is 0. The molecule has 1 aliphatic heterocycles. The minimum atomic E-state index is -1.88. The monoisotopic (exact) mass is 315 g/mol. The molecule has 0 aromatic carbocycles. The quantitative estimate of drug-likeness (QED) is 0.581. The highest BCUT2D eigenvalue weighted by Gasteiger charge is 2.55. The lowest BCUT2D eigenvalue weighted by atomic mass is 10.0. The highest BCUT2D eigenvalue weighted by atomic mass is 28.4. The van der Waals surface area contributed by atoms with E-state index in [9.17, 15) is 9.90 Å². The van der Waals surface area contributed by atoms with E-state index in [1.54, 1.807) is 0 Å². The maximum Gasteiger partial charge on any atom is 0.258 e. The zero-order valence-corrected chi connectivity index (χ0v) is 16.2. The van der Waals surface area contributed by atoms with Gasteiger partial charge in [0.1, 0.15) is 12.6 Å². The van der Waals surface area contributed by atoms with E-state index in [1.807, 2.05) is 27.7 Å². The Kier molecular flexibility index (Phi) is 4.76. The van der Waals surface area contributed by atoms with Crippen molar-refractivity contribution in [2.45, 2.75) is 90.7 Å². The van der Waals surface area contributed by atoms with Crippen LogP contribution in [-0.4, -0.2) is 43.1 Å². The van der Waals surface area contributed by atoms with Gasteiger partial charge in [0.15, 0.2) is 8.32 Å². The number of nitrogens with zero attached hydrogens (tertiary/aromatic N) is 1. The molecular formula is C16H33NO3Si. The van der Waals surface area contributed by atoms with Crippen molar-refractivity contribution in [3.8, 4) is 0 Å². The minimum absolute atomic E-state index is 0.00765. The summed E-state index contributed by atoms with van der Waals surface area (Å²) < 4.78 is 6.46. The number of hydrogen-bond donors (Lipinski definition) is 0. The predicted molar refractivity (Wildman–Crippen MR) is 86.4 cm³/mol. The van der Waals surface area contributed by atoms with Crippen LogP contribution in [0.4, 0.5) is 4.79 Å². The molecule has 124 valence electrons. The predicted octanol–water partition coefficient (Wildman–Crippen LogP) is 3.13. The highest BCUT2D eigenvalue weighted by molar-refractivity contribution is 6.74. The highest BCUT2D eigenvalue weighted by Crippen LogP contribution is 2.42. The van der Waals surface area contributed by atoms with Crippen molar-refractivity contribution in [1.29, 1.82) is 0 Å². The lowest BCUT2D eigenvalue weighted by Crippen LogP contribution is -2.69. The van der Waals surface area contributed by atoms with Crippen molar-refractivity contribution < 1.29 is 18.8 Å². The van der Waals surface area contributed by atoms with Gasteiger partial charge in [0, 0.05) is 6.42 Å². The lowest BCUT2D eigenvalue weighted by Gasteiger charge is -2.48. The third kappa shape index (κ3) is 3.20. The topological polar surface area (TPSA) is 49.4 Å². The third-order valence-electron chi connectivity index (χ3n) is 5.64. The van der Waals surface area contributed by atoms with Crippen LogP contribution in [0.3, 0.4) is 0 Å². The van der Waals surface area contributed by atoms with Crippen molar-refractivity contribution in [3.05, 3.63) is 0 Å². The summed E-state index contributed by atoms with van der Waals surface area (Å²) in [4.78, 5) is 11.9. The number of carbonyl (C=O) groups is 1. The van der Waals surface area contributed by atoms with Crippen molar-refractivity contribution in [2.75, 3.05) is 6.54 Å². The lowest BCUT2D eigenvalue weighted by molar-refractivity contribution is -0.929. The van der Waals surface area contributed by atoms with E-state index in [1.165, 1.54) is 0 Å². The van der Waals surface area contributed by atoms with Gasteiger partial charge in [-0.2, -0.15) is 0 Å². The molecule has 1 rings (SSSR count). The van der Waals surface area contributed by atoms with Gasteiger partial charge >= 0.3 is 0 Å². The minimum Gasteiger partial charge on any atom is -0.498 e. The zero-order chi connectivity index (χ0) is 16.9. The van der Waals surface area contributed by atoms with E-state index in [2.05, 4.69) is 33.9 Å². The van der Waals surface area contributed by atoms with Gasteiger partial charge < -0.3 is 14.3 Å². The molecule has 1 heterocycles. The summed E-state index contributed by atoms with van der Waals surface area (Å²) in [6.45, 7) is 19.5. The summed E-state index contributed by atoms with van der Waals surface area (Å²) in [5, 5.41) is 12.0. The Labute approximate surface area is 131 Å². The van der Waals surface area contributed by atoms with Gasteiger partial charge in [-0.25, -0.2) is 0 Å². The molecule has 4 nitrogen and oxygen atoms in total. The van der Waals surface area contributed by atoms with Crippen molar-refractivity contribution in [2.24, 2.45) is 0 Å². The van der Waals surface area contributed by atoms with Crippen LogP contribution >= 0.6 is 0 Å². The number of hydrogen-bond acceptors (Lipinski definition) is 3. The second-order valence-corrected chi connectivity index (χ2v) is 13.8. The zero-order valence-electron chi connectivity index (χ0n) is 15.2. The van der Waals surface area contributed by atoms with Gasteiger partial charge in [0.2, 0.25) is 0 Å². The molecule has 21 heavy (non-hydrogen) atoms. The molecule has 1 aliphatic rings. The van der Waals surface area contributed by atoms with Crippen molar-refractivity contribution >= 4 is 14.4 Å². The van der Waals surface area contributed by atoms with Gasteiger partial charge in [0.05, 0.1) is 11.6 Å². The van der Waals surface area contributed by atoms with Crippen LogP contribution in [0.1, 0.15) is 54.9 Å². The van der Waals surface area contributed by atoms with Crippen LogP contribution < -0.4 is 5.11 Å². The van der Waals surface area contributed by atoms with E-state index in [-0.39, 0.29) is 27.2 Å². The van der Waals surface area contributed by atoms with Crippen molar-refractivity contribution in [3.63, 3.8) is 0 Å². The standard InChI is InChI=1S/C16H33NO3Si/c1-12-10-13(20-21(8,9)16(5,6)7)11-17(12,14(18)19)15(2,3)4/h12-13H,10-11H2,1-9H3/t12-,13-,17?/m0/s1. The van der Waals surface area contributed by atoms with Gasteiger partial charge in [0.25, 0.3) is 6.09 Å². The number of carboxylic acid groups (broad SMARTS) is 1. The molecular weight excluding hydrogens is 282 g/mol. The smallest absolute Gasteiger partial charge is 0.258 e. The number of quaternary nitrogens is 1. The van der Waals surface area contributed by atoms with Crippen molar-refractivity contribution in [1.82, 2.24) is 0 Å². The fourth-order valence-corrected chi connectivity index (χ4v) is 4.64. The average molecular weight is 316 g/mol. The molecule has 0 radical (unpaired) electrons. The average Bonchev–Trinajstić information content (AvgIpc) is 2.52. The first kappa shape index (κ1) is 18.7. The maximum atomic E-state index is 11.9. The summed E-state index contributed by atoms with van der Waals surface area (Å²) in [6.07, 6.45) is -0.174. The molecule has 3 atom stereocenters. The van der Waals surface area contributed by atoms with Gasteiger partial charge in [-0.15, -0.1) is 0 Å². The molecule has 1 amide bonds. The summed E-state index contributed by atoms with van der Waals surface area (Å²) in [7, 11) is -1.88. The number of rotatable bonds is 2. The molecule has 0 saturated carbocycles. The summed E-state index contributed by atoms with van der Waals surface area (Å²) >= 11 is 0. The molecule has 1 fully saturated rings. The molecule has 0 N–H and O–H groups in total. The Morgan fingerprint density at radius 1 is 1.19 bits per heavy atom. The number of amides is 1. The van der Waals surface area contributed by atoms with Crippen LogP contribution in [0.15, 0.2) is 0 Å².